The predicted octanol–water partition coefficient (Wildman–Crippen LogP) is 0.372. The summed E-state index contributed by atoms with van der Waals surface area (Å²) in [4.78, 5) is 44.7. The number of carbonyl (C=O) groups excluding carboxylic acids is 2. The Bertz CT molecular complexity index is 752. The second-order valence-electron chi connectivity index (χ2n) is 6.47. The standard InChI is InChI=1S/C17H25N3O3.C2H2O4/c1-4-5-8-19-16(21)15-10-12-9-13(23-3)6-7-14(12)20(15)17(22)11(2)18;3-1(4)2(5)6/h6-7,9,11,15H,4-5,8,10,18H2,1-3H3,(H,19,21);(H,3,4)(H,5,6)/t11-,15+;/m0./s1. The number of aliphatic carboxylic acids is 2. The Morgan fingerprint density at radius 1 is 1.28 bits per heavy atom. The van der Waals surface area contributed by atoms with Gasteiger partial charge in [-0.3, -0.25) is 14.5 Å². The van der Waals surface area contributed by atoms with Crippen LogP contribution in [0.3, 0.4) is 0 Å². The molecule has 0 radical (unpaired) electrons. The number of carbonyl (C=O) groups is 4. The molecule has 1 heterocycles. The van der Waals surface area contributed by atoms with E-state index in [1.807, 2.05) is 12.1 Å². The number of nitrogens with zero attached hydrogens (tertiary/aromatic N) is 1. The fourth-order valence-corrected chi connectivity index (χ4v) is 2.76. The van der Waals surface area contributed by atoms with Crippen molar-refractivity contribution in [3.63, 3.8) is 0 Å². The van der Waals surface area contributed by atoms with Crippen LogP contribution in [0.25, 0.3) is 0 Å². The van der Waals surface area contributed by atoms with Gasteiger partial charge in [0.25, 0.3) is 0 Å². The lowest BCUT2D eigenvalue weighted by atomic mass is 10.1. The topological polar surface area (TPSA) is 159 Å². The van der Waals surface area contributed by atoms with Crippen molar-refractivity contribution in [2.45, 2.75) is 45.2 Å². The number of ether oxygens (including phenoxy) is 1. The van der Waals surface area contributed by atoms with E-state index in [9.17, 15) is 9.59 Å². The monoisotopic (exact) mass is 409 g/mol. The molecule has 2 amide bonds. The number of anilines is 1. The smallest absolute Gasteiger partial charge is 0.414 e. The number of carboxylic acids is 2. The van der Waals surface area contributed by atoms with E-state index in [1.54, 1.807) is 20.1 Å². The van der Waals surface area contributed by atoms with Crippen LogP contribution in [0.2, 0.25) is 0 Å². The Morgan fingerprint density at radius 2 is 1.90 bits per heavy atom. The number of nitrogens with two attached hydrogens (primary N) is 1. The first-order valence-corrected chi connectivity index (χ1v) is 9.13. The van der Waals surface area contributed by atoms with E-state index >= 15 is 0 Å². The lowest BCUT2D eigenvalue weighted by Crippen LogP contribution is -2.52. The van der Waals surface area contributed by atoms with E-state index in [-0.39, 0.29) is 11.8 Å². The maximum absolute atomic E-state index is 12.5. The Morgan fingerprint density at radius 3 is 2.38 bits per heavy atom. The zero-order chi connectivity index (χ0) is 22.1. The molecule has 0 spiro atoms. The fourth-order valence-electron chi connectivity index (χ4n) is 2.76. The molecule has 1 aromatic carbocycles. The van der Waals surface area contributed by atoms with Crippen LogP contribution in [0, 0.1) is 0 Å². The van der Waals surface area contributed by atoms with Gasteiger partial charge >= 0.3 is 11.9 Å². The van der Waals surface area contributed by atoms with Gasteiger partial charge in [-0.25, -0.2) is 9.59 Å². The summed E-state index contributed by atoms with van der Waals surface area (Å²) in [5, 5.41) is 17.7. The number of unbranched alkanes of at least 4 members (excludes halogenated alkanes) is 1. The molecule has 1 aliphatic rings. The quantitative estimate of drug-likeness (QED) is 0.387. The molecule has 2 rings (SSSR count). The minimum Gasteiger partial charge on any atom is -0.497 e. The molecule has 1 aliphatic heterocycles. The number of amides is 2. The molecule has 0 bridgehead atoms. The Hall–Kier alpha value is -3.14. The second-order valence-corrected chi connectivity index (χ2v) is 6.47. The van der Waals surface area contributed by atoms with Gasteiger partial charge in [-0.15, -0.1) is 0 Å². The van der Waals surface area contributed by atoms with Gasteiger partial charge in [-0.1, -0.05) is 13.3 Å². The average molecular weight is 409 g/mol. The van der Waals surface area contributed by atoms with E-state index in [1.165, 1.54) is 4.90 Å². The van der Waals surface area contributed by atoms with Crippen molar-refractivity contribution in [2.24, 2.45) is 5.73 Å². The normalized spacial score (nSPS) is 15.4. The lowest BCUT2D eigenvalue weighted by molar-refractivity contribution is -0.159. The number of hydrogen-bond acceptors (Lipinski definition) is 6. The highest BCUT2D eigenvalue weighted by atomic mass is 16.5. The summed E-state index contributed by atoms with van der Waals surface area (Å²) < 4.78 is 5.23. The molecule has 10 heteroatoms. The highest BCUT2D eigenvalue weighted by Crippen LogP contribution is 2.35. The van der Waals surface area contributed by atoms with Gasteiger partial charge in [0, 0.05) is 18.7 Å². The molecule has 0 saturated heterocycles. The number of hydrogen-bond donors (Lipinski definition) is 4. The molecular formula is C19H27N3O7. The molecule has 0 fully saturated rings. The minimum atomic E-state index is -1.82. The van der Waals surface area contributed by atoms with Gasteiger partial charge in [-0.05, 0) is 37.1 Å². The molecule has 1 aromatic rings. The fraction of sp³-hybridized carbons (Fsp3) is 0.474. The summed E-state index contributed by atoms with van der Waals surface area (Å²) in [5.74, 6) is -3.32. The summed E-state index contributed by atoms with van der Waals surface area (Å²) in [6.45, 7) is 4.32. The van der Waals surface area contributed by atoms with E-state index < -0.39 is 24.0 Å². The number of methoxy groups -OCH3 is 1. The molecule has 2 atom stereocenters. The summed E-state index contributed by atoms with van der Waals surface area (Å²) in [5.41, 5.74) is 7.43. The zero-order valence-corrected chi connectivity index (χ0v) is 16.7. The second kappa shape index (κ2) is 11.0. The van der Waals surface area contributed by atoms with Crippen molar-refractivity contribution >= 4 is 29.4 Å². The van der Waals surface area contributed by atoms with Crippen molar-refractivity contribution in [2.75, 3.05) is 18.6 Å². The van der Waals surface area contributed by atoms with Crippen LogP contribution in [0.1, 0.15) is 32.3 Å². The predicted molar refractivity (Wildman–Crippen MR) is 105 cm³/mol. The Balaban J connectivity index is 0.000000612. The van der Waals surface area contributed by atoms with E-state index in [2.05, 4.69) is 12.2 Å². The molecule has 160 valence electrons. The molecular weight excluding hydrogens is 382 g/mol. The summed E-state index contributed by atoms with van der Waals surface area (Å²) in [7, 11) is 1.59. The summed E-state index contributed by atoms with van der Waals surface area (Å²) in [6, 6.07) is 4.27. The molecule has 10 nitrogen and oxygen atoms in total. The highest BCUT2D eigenvalue weighted by molar-refractivity contribution is 6.27. The number of rotatable bonds is 6. The first-order chi connectivity index (χ1) is 13.6. The van der Waals surface area contributed by atoms with Crippen molar-refractivity contribution in [1.29, 1.82) is 0 Å². The maximum atomic E-state index is 12.5. The SMILES string of the molecule is CCCCNC(=O)[C@H]1Cc2cc(OC)ccc2N1C(=O)[C@H](C)N.O=C(O)C(=O)O. The zero-order valence-electron chi connectivity index (χ0n) is 16.7. The summed E-state index contributed by atoms with van der Waals surface area (Å²) in [6.07, 6.45) is 2.40. The third-order valence-electron chi connectivity index (χ3n) is 4.21. The van der Waals surface area contributed by atoms with Gasteiger partial charge in [0.05, 0.1) is 13.2 Å². The Labute approximate surface area is 168 Å². The number of benzene rings is 1. The van der Waals surface area contributed by atoms with Gasteiger partial charge in [0.2, 0.25) is 11.8 Å². The van der Waals surface area contributed by atoms with Crippen LogP contribution in [0.4, 0.5) is 5.69 Å². The molecule has 0 saturated carbocycles. The third kappa shape index (κ3) is 6.46. The number of fused-ring (bicyclic) bond motifs is 1. The van der Waals surface area contributed by atoms with Crippen molar-refractivity contribution in [3.05, 3.63) is 23.8 Å². The third-order valence-corrected chi connectivity index (χ3v) is 4.21. The number of nitrogens with one attached hydrogen (secondary N) is 1. The van der Waals surface area contributed by atoms with Gasteiger partial charge < -0.3 is 26.0 Å². The first kappa shape index (κ1) is 23.9. The molecule has 29 heavy (non-hydrogen) atoms. The maximum Gasteiger partial charge on any atom is 0.414 e. The highest BCUT2D eigenvalue weighted by Gasteiger charge is 2.39. The lowest BCUT2D eigenvalue weighted by Gasteiger charge is -2.26. The number of carboxylic acid groups (broad SMARTS) is 2. The molecule has 0 aromatic heterocycles. The van der Waals surface area contributed by atoms with E-state index in [0.29, 0.717) is 18.7 Å². The van der Waals surface area contributed by atoms with Crippen LogP contribution in [0.5, 0.6) is 5.75 Å². The van der Waals surface area contributed by atoms with Crippen LogP contribution in [-0.2, 0) is 25.6 Å². The van der Waals surface area contributed by atoms with Crippen molar-refractivity contribution in [3.8, 4) is 5.75 Å². The molecule has 0 unspecified atom stereocenters. The molecule has 5 N–H and O–H groups in total. The van der Waals surface area contributed by atoms with Gasteiger partial charge in [0.1, 0.15) is 11.8 Å². The molecule has 0 aliphatic carbocycles. The van der Waals surface area contributed by atoms with Crippen LogP contribution in [0.15, 0.2) is 18.2 Å². The minimum absolute atomic E-state index is 0.136. The largest absolute Gasteiger partial charge is 0.497 e. The van der Waals surface area contributed by atoms with Crippen molar-refractivity contribution in [1.82, 2.24) is 5.32 Å². The van der Waals surface area contributed by atoms with Crippen LogP contribution < -0.4 is 20.7 Å². The Kier molecular flexibility index (Phi) is 9.07. The average Bonchev–Trinajstić information content (AvgIpc) is 3.06. The van der Waals surface area contributed by atoms with Gasteiger partial charge in [-0.2, -0.15) is 0 Å². The first-order valence-electron chi connectivity index (χ1n) is 9.13. The van der Waals surface area contributed by atoms with Crippen molar-refractivity contribution < 1.29 is 34.1 Å². The van der Waals surface area contributed by atoms with E-state index in [0.717, 1.165) is 24.1 Å². The summed E-state index contributed by atoms with van der Waals surface area (Å²) >= 11 is 0. The van der Waals surface area contributed by atoms with E-state index in [4.69, 9.17) is 30.3 Å². The van der Waals surface area contributed by atoms with Crippen LogP contribution in [-0.4, -0.2) is 59.7 Å². The van der Waals surface area contributed by atoms with Crippen LogP contribution >= 0.6 is 0 Å². The van der Waals surface area contributed by atoms with Gasteiger partial charge in [0.15, 0.2) is 0 Å².